The Morgan fingerprint density at radius 1 is 1.00 bits per heavy atom. The third-order valence-corrected chi connectivity index (χ3v) is 4.14. The van der Waals surface area contributed by atoms with Crippen LogP contribution < -0.4 is 20.1 Å². The lowest BCUT2D eigenvalue weighted by Gasteiger charge is -2.16. The summed E-state index contributed by atoms with van der Waals surface area (Å²) in [6.07, 6.45) is 0. The van der Waals surface area contributed by atoms with Gasteiger partial charge < -0.3 is 20.1 Å². The van der Waals surface area contributed by atoms with Crippen molar-refractivity contribution in [3.8, 4) is 22.6 Å². The van der Waals surface area contributed by atoms with Gasteiger partial charge in [-0.1, -0.05) is 44.2 Å². The van der Waals surface area contributed by atoms with Gasteiger partial charge in [-0.3, -0.25) is 4.79 Å². The topological polar surface area (TPSA) is 59.6 Å². The lowest BCUT2D eigenvalue weighted by Crippen LogP contribution is -2.34. The maximum atomic E-state index is 11.6. The fourth-order valence-corrected chi connectivity index (χ4v) is 2.66. The number of carbonyl (C=O) groups is 1. The average molecular weight is 356 g/mol. The fourth-order valence-electron chi connectivity index (χ4n) is 2.66. The molecule has 0 unspecified atom stereocenters. The van der Waals surface area contributed by atoms with Crippen LogP contribution in [0.3, 0.4) is 0 Å². The molecule has 0 fully saturated rings. The molecule has 0 radical (unpaired) electrons. The minimum atomic E-state index is 0.00512. The quantitative estimate of drug-likeness (QED) is 0.677. The lowest BCUT2D eigenvalue weighted by atomic mass is 9.98. The van der Waals surface area contributed by atoms with E-state index < -0.39 is 0 Å². The van der Waals surface area contributed by atoms with Crippen molar-refractivity contribution in [1.82, 2.24) is 10.6 Å². The maximum Gasteiger partial charge on any atom is 0.222 e. The Hall–Kier alpha value is -2.53. The highest BCUT2D eigenvalue weighted by Crippen LogP contribution is 2.35. The molecule has 0 bridgehead atoms. The fraction of sp³-hybridized carbons (Fsp3) is 0.381. The molecule has 2 aromatic rings. The van der Waals surface area contributed by atoms with Crippen LogP contribution in [0.15, 0.2) is 42.5 Å². The minimum absolute atomic E-state index is 0.00512. The summed E-state index contributed by atoms with van der Waals surface area (Å²) in [5.41, 5.74) is 3.34. The number of hydrogen-bond acceptors (Lipinski definition) is 4. The first kappa shape index (κ1) is 19.8. The summed E-state index contributed by atoms with van der Waals surface area (Å²) in [4.78, 5) is 11.6. The van der Waals surface area contributed by atoms with Crippen LogP contribution in [0.25, 0.3) is 11.1 Å². The Kier molecular flexibility index (Phi) is 7.48. The number of carbonyl (C=O) groups excluding carboxylic acids is 1. The van der Waals surface area contributed by atoms with Crippen molar-refractivity contribution < 1.29 is 14.3 Å². The highest BCUT2D eigenvalue weighted by Gasteiger charge is 2.12. The van der Waals surface area contributed by atoms with Crippen LogP contribution in [0.4, 0.5) is 0 Å². The summed E-state index contributed by atoms with van der Waals surface area (Å²) in [5.74, 6) is 1.49. The zero-order chi connectivity index (χ0) is 18.9. The summed E-state index contributed by atoms with van der Waals surface area (Å²) in [6.45, 7) is 5.74. The molecule has 1 amide bonds. The zero-order valence-corrected chi connectivity index (χ0v) is 16.0. The van der Waals surface area contributed by atoms with Crippen LogP contribution in [-0.4, -0.2) is 33.2 Å². The first-order chi connectivity index (χ1) is 12.6. The van der Waals surface area contributed by atoms with Gasteiger partial charge in [-0.15, -0.1) is 0 Å². The number of ether oxygens (including phenoxy) is 2. The van der Waals surface area contributed by atoms with Gasteiger partial charge in [-0.05, 0) is 28.8 Å². The molecule has 5 nitrogen and oxygen atoms in total. The second-order valence-corrected chi connectivity index (χ2v) is 6.35. The molecule has 140 valence electrons. The zero-order valence-electron chi connectivity index (χ0n) is 16.0. The Bertz CT molecular complexity index is 715. The second-order valence-electron chi connectivity index (χ2n) is 6.35. The van der Waals surface area contributed by atoms with Crippen LogP contribution in [0, 0.1) is 5.92 Å². The molecule has 2 aromatic carbocycles. The van der Waals surface area contributed by atoms with E-state index in [4.69, 9.17) is 9.47 Å². The van der Waals surface area contributed by atoms with E-state index in [-0.39, 0.29) is 11.8 Å². The van der Waals surface area contributed by atoms with Crippen molar-refractivity contribution in [2.45, 2.75) is 20.4 Å². The van der Waals surface area contributed by atoms with E-state index in [2.05, 4.69) is 22.8 Å². The van der Waals surface area contributed by atoms with Crippen molar-refractivity contribution in [3.05, 3.63) is 48.0 Å². The van der Waals surface area contributed by atoms with E-state index in [1.165, 1.54) is 0 Å². The smallest absolute Gasteiger partial charge is 0.222 e. The normalized spacial score (nSPS) is 10.7. The molecule has 0 spiro atoms. The summed E-state index contributed by atoms with van der Waals surface area (Å²) in [5, 5.41) is 6.29. The van der Waals surface area contributed by atoms with Crippen molar-refractivity contribution in [1.29, 1.82) is 0 Å². The van der Waals surface area contributed by atoms with E-state index in [0.717, 1.165) is 16.7 Å². The molecule has 2 rings (SSSR count). The number of hydrogen-bond donors (Lipinski definition) is 2. The van der Waals surface area contributed by atoms with Gasteiger partial charge in [0.15, 0.2) is 11.5 Å². The highest BCUT2D eigenvalue weighted by atomic mass is 16.5. The van der Waals surface area contributed by atoms with E-state index in [1.807, 2.05) is 44.2 Å². The molecule has 0 aromatic heterocycles. The van der Waals surface area contributed by atoms with Crippen LogP contribution >= 0.6 is 0 Å². The summed E-state index contributed by atoms with van der Waals surface area (Å²) in [7, 11) is 3.28. The molecule has 0 saturated heterocycles. The third-order valence-electron chi connectivity index (χ3n) is 4.14. The van der Waals surface area contributed by atoms with E-state index in [1.54, 1.807) is 14.2 Å². The lowest BCUT2D eigenvalue weighted by molar-refractivity contribution is -0.123. The first-order valence-corrected chi connectivity index (χ1v) is 8.85. The van der Waals surface area contributed by atoms with Crippen molar-refractivity contribution >= 4 is 5.91 Å². The van der Waals surface area contributed by atoms with Crippen LogP contribution in [0.1, 0.15) is 19.4 Å². The highest BCUT2D eigenvalue weighted by molar-refractivity contribution is 5.77. The monoisotopic (exact) mass is 356 g/mol. The van der Waals surface area contributed by atoms with Gasteiger partial charge >= 0.3 is 0 Å². The Labute approximate surface area is 155 Å². The van der Waals surface area contributed by atoms with Gasteiger partial charge in [0.05, 0.1) is 14.2 Å². The summed E-state index contributed by atoms with van der Waals surface area (Å²) < 4.78 is 10.9. The van der Waals surface area contributed by atoms with Crippen molar-refractivity contribution in [3.63, 3.8) is 0 Å². The van der Waals surface area contributed by atoms with Crippen LogP contribution in [-0.2, 0) is 11.3 Å². The summed E-state index contributed by atoms with van der Waals surface area (Å²) in [6, 6.07) is 14.2. The molecule has 26 heavy (non-hydrogen) atoms. The molecule has 0 saturated carbocycles. The third kappa shape index (κ3) is 5.23. The Morgan fingerprint density at radius 2 is 1.65 bits per heavy atom. The predicted octanol–water partition coefficient (Wildman–Crippen LogP) is 3.23. The molecule has 0 aliphatic heterocycles. The summed E-state index contributed by atoms with van der Waals surface area (Å²) >= 11 is 0. The van der Waals surface area contributed by atoms with E-state index >= 15 is 0 Å². The van der Waals surface area contributed by atoms with Crippen molar-refractivity contribution in [2.75, 3.05) is 27.3 Å². The van der Waals surface area contributed by atoms with Gasteiger partial charge in [0.2, 0.25) is 5.91 Å². The predicted molar refractivity (Wildman–Crippen MR) is 105 cm³/mol. The van der Waals surface area contributed by atoms with Gasteiger partial charge in [-0.2, -0.15) is 0 Å². The minimum Gasteiger partial charge on any atom is -0.493 e. The Balaban J connectivity index is 2.11. The largest absolute Gasteiger partial charge is 0.493 e. The van der Waals surface area contributed by atoms with Crippen molar-refractivity contribution in [2.24, 2.45) is 5.92 Å². The number of amides is 1. The van der Waals surface area contributed by atoms with E-state index in [9.17, 15) is 4.79 Å². The molecule has 0 aliphatic carbocycles. The molecular weight excluding hydrogens is 328 g/mol. The first-order valence-electron chi connectivity index (χ1n) is 8.85. The molecule has 5 heteroatoms. The molecule has 0 aliphatic rings. The maximum absolute atomic E-state index is 11.6. The molecule has 2 N–H and O–H groups in total. The number of methoxy groups -OCH3 is 2. The molecular formula is C21H28N2O3. The standard InChI is InChI=1S/C21H28N2O3/c1-15(2)21(24)23-11-10-22-14-17-12-19(25-3)20(26-4)13-18(17)16-8-6-5-7-9-16/h5-9,12-13,15,22H,10-11,14H2,1-4H3,(H,23,24). The van der Waals surface area contributed by atoms with Gasteiger partial charge in [0, 0.05) is 25.6 Å². The van der Waals surface area contributed by atoms with E-state index in [0.29, 0.717) is 31.1 Å². The Morgan fingerprint density at radius 3 is 2.27 bits per heavy atom. The number of nitrogens with one attached hydrogen (secondary N) is 2. The molecule has 0 heterocycles. The second kappa shape index (κ2) is 9.82. The number of rotatable bonds is 9. The van der Waals surface area contributed by atoms with Gasteiger partial charge in [-0.25, -0.2) is 0 Å². The number of benzene rings is 2. The van der Waals surface area contributed by atoms with Crippen LogP contribution in [0.5, 0.6) is 11.5 Å². The average Bonchev–Trinajstić information content (AvgIpc) is 2.67. The van der Waals surface area contributed by atoms with Gasteiger partial charge in [0.25, 0.3) is 0 Å². The van der Waals surface area contributed by atoms with Crippen LogP contribution in [0.2, 0.25) is 0 Å². The SMILES string of the molecule is COc1cc(CNCCNC(=O)C(C)C)c(-c2ccccc2)cc1OC. The molecule has 0 atom stereocenters. The van der Waals surface area contributed by atoms with Gasteiger partial charge in [0.1, 0.15) is 0 Å².